The van der Waals surface area contributed by atoms with Gasteiger partial charge in [-0.15, -0.1) is 0 Å². The third-order valence-corrected chi connectivity index (χ3v) is 7.96. The molecular formula is C24H29ClN2O5S. The lowest BCUT2D eigenvalue weighted by Crippen LogP contribution is -2.47. The van der Waals surface area contributed by atoms with Crippen LogP contribution in [0.1, 0.15) is 51.1 Å². The highest BCUT2D eigenvalue weighted by atomic mass is 35.5. The number of anilines is 1. The summed E-state index contributed by atoms with van der Waals surface area (Å²) in [6.07, 6.45) is 2.79. The first-order valence-electron chi connectivity index (χ1n) is 11.2. The molecule has 0 saturated heterocycles. The van der Waals surface area contributed by atoms with Crippen LogP contribution in [0.25, 0.3) is 0 Å². The van der Waals surface area contributed by atoms with Gasteiger partial charge >= 0.3 is 0 Å². The van der Waals surface area contributed by atoms with Gasteiger partial charge in [0.1, 0.15) is 17.1 Å². The number of amides is 1. The van der Waals surface area contributed by atoms with E-state index in [-0.39, 0.29) is 30.5 Å². The second-order valence-electron chi connectivity index (χ2n) is 8.64. The van der Waals surface area contributed by atoms with Crippen LogP contribution in [0, 0.1) is 0 Å². The number of benzene rings is 2. The fourth-order valence-corrected chi connectivity index (χ4v) is 5.68. The highest BCUT2D eigenvalue weighted by Gasteiger charge is 2.40. The molecule has 0 aliphatic carbocycles. The number of halogens is 1. The lowest BCUT2D eigenvalue weighted by Gasteiger charge is -2.42. The molecule has 2 unspecified atom stereocenters. The number of carbonyl (C=O) groups excluding carboxylic acids is 1. The lowest BCUT2D eigenvalue weighted by molar-refractivity contribution is -0.129. The Bertz CT molecular complexity index is 1150. The molecule has 0 radical (unpaired) electrons. The van der Waals surface area contributed by atoms with E-state index in [2.05, 4.69) is 19.2 Å². The normalized spacial score (nSPS) is 21.6. The predicted molar refractivity (Wildman–Crippen MR) is 129 cm³/mol. The summed E-state index contributed by atoms with van der Waals surface area (Å²) in [4.78, 5) is 13.4. The molecule has 2 aromatic rings. The number of ether oxygens (including phenoxy) is 2. The summed E-state index contributed by atoms with van der Waals surface area (Å²) < 4.78 is 38.4. The predicted octanol–water partition coefficient (Wildman–Crippen LogP) is 4.46. The van der Waals surface area contributed by atoms with E-state index in [1.54, 1.807) is 18.2 Å². The summed E-state index contributed by atoms with van der Waals surface area (Å²) in [5.74, 6) is 0.808. The van der Waals surface area contributed by atoms with Crippen LogP contribution in [0.4, 0.5) is 5.69 Å². The molecule has 1 N–H and O–H groups in total. The van der Waals surface area contributed by atoms with Crippen LogP contribution in [0.5, 0.6) is 11.5 Å². The monoisotopic (exact) mass is 492 g/mol. The van der Waals surface area contributed by atoms with Crippen molar-refractivity contribution in [3.63, 3.8) is 0 Å². The van der Waals surface area contributed by atoms with Crippen molar-refractivity contribution >= 4 is 33.2 Å². The minimum atomic E-state index is -3.57. The van der Waals surface area contributed by atoms with Crippen molar-refractivity contribution in [1.29, 1.82) is 0 Å². The molecule has 2 aliphatic rings. The van der Waals surface area contributed by atoms with Crippen LogP contribution in [0.15, 0.2) is 42.5 Å². The summed E-state index contributed by atoms with van der Waals surface area (Å²) >= 11 is 6.11. The van der Waals surface area contributed by atoms with Gasteiger partial charge in [0.05, 0.1) is 18.0 Å². The number of nitrogens with zero attached hydrogens (tertiary/aromatic N) is 1. The van der Waals surface area contributed by atoms with Gasteiger partial charge in [-0.25, -0.2) is 8.42 Å². The Morgan fingerprint density at radius 3 is 2.61 bits per heavy atom. The first-order valence-corrected chi connectivity index (χ1v) is 13.4. The van der Waals surface area contributed by atoms with Gasteiger partial charge in [0.2, 0.25) is 10.0 Å². The van der Waals surface area contributed by atoms with E-state index >= 15 is 0 Å². The van der Waals surface area contributed by atoms with E-state index < -0.39 is 16.1 Å². The van der Waals surface area contributed by atoms with Gasteiger partial charge in [0, 0.05) is 30.0 Å². The summed E-state index contributed by atoms with van der Waals surface area (Å²) in [7, 11) is -3.57. The van der Waals surface area contributed by atoms with Crippen molar-refractivity contribution < 1.29 is 22.7 Å². The van der Waals surface area contributed by atoms with Gasteiger partial charge in [-0.05, 0) is 37.1 Å². The Labute approximate surface area is 200 Å². The summed E-state index contributed by atoms with van der Waals surface area (Å²) in [6.45, 7) is 4.29. The van der Waals surface area contributed by atoms with Gasteiger partial charge in [-0.1, -0.05) is 43.6 Å². The first kappa shape index (κ1) is 23.7. The SMILES string of the molecule is CCC1(CC)CC(NC(=O)C2CCN(S(C)(=O)=O)c3cc(Cl)ccc3O2)c2ccccc2O1. The van der Waals surface area contributed by atoms with Crippen molar-refractivity contribution in [3.05, 3.63) is 53.1 Å². The molecule has 0 aromatic heterocycles. The topological polar surface area (TPSA) is 84.9 Å². The fourth-order valence-electron chi connectivity index (χ4n) is 4.58. The van der Waals surface area contributed by atoms with Crippen molar-refractivity contribution in [2.75, 3.05) is 17.1 Å². The Morgan fingerprint density at radius 2 is 1.91 bits per heavy atom. The number of sulfonamides is 1. The number of nitrogens with one attached hydrogen (secondary N) is 1. The van der Waals surface area contributed by atoms with Crippen molar-refractivity contribution in [2.24, 2.45) is 0 Å². The molecule has 0 spiro atoms. The third kappa shape index (κ3) is 4.77. The Balaban J connectivity index is 1.61. The molecule has 2 aliphatic heterocycles. The molecule has 178 valence electrons. The number of carbonyl (C=O) groups is 1. The molecule has 7 nitrogen and oxygen atoms in total. The van der Waals surface area contributed by atoms with Crippen LogP contribution < -0.4 is 19.1 Å². The van der Waals surface area contributed by atoms with Crippen LogP contribution in [-0.2, 0) is 14.8 Å². The zero-order valence-electron chi connectivity index (χ0n) is 19.0. The molecule has 4 rings (SSSR count). The van der Waals surface area contributed by atoms with Gasteiger partial charge in [-0.2, -0.15) is 0 Å². The van der Waals surface area contributed by atoms with Crippen LogP contribution >= 0.6 is 11.6 Å². The molecule has 0 fully saturated rings. The zero-order valence-corrected chi connectivity index (χ0v) is 20.6. The Hall–Kier alpha value is -2.45. The van der Waals surface area contributed by atoms with E-state index in [9.17, 15) is 13.2 Å². The molecule has 1 amide bonds. The zero-order chi connectivity index (χ0) is 23.8. The van der Waals surface area contributed by atoms with E-state index in [4.69, 9.17) is 21.1 Å². The average Bonchev–Trinajstić information content (AvgIpc) is 2.98. The highest BCUT2D eigenvalue weighted by Crippen LogP contribution is 2.43. The van der Waals surface area contributed by atoms with Crippen molar-refractivity contribution in [3.8, 4) is 11.5 Å². The third-order valence-electron chi connectivity index (χ3n) is 6.55. The quantitative estimate of drug-likeness (QED) is 0.666. The molecule has 2 heterocycles. The first-order chi connectivity index (χ1) is 15.7. The summed E-state index contributed by atoms with van der Waals surface area (Å²) in [6, 6.07) is 12.3. The van der Waals surface area contributed by atoms with Crippen LogP contribution in [0.2, 0.25) is 5.02 Å². The van der Waals surface area contributed by atoms with Gasteiger partial charge in [-0.3, -0.25) is 9.10 Å². The van der Waals surface area contributed by atoms with Crippen LogP contribution in [0.3, 0.4) is 0 Å². The maximum absolute atomic E-state index is 13.4. The summed E-state index contributed by atoms with van der Waals surface area (Å²) in [5, 5.41) is 3.55. The molecule has 33 heavy (non-hydrogen) atoms. The highest BCUT2D eigenvalue weighted by molar-refractivity contribution is 7.92. The lowest BCUT2D eigenvalue weighted by atomic mass is 9.83. The van der Waals surface area contributed by atoms with E-state index in [1.165, 1.54) is 4.31 Å². The van der Waals surface area contributed by atoms with Gasteiger partial charge < -0.3 is 14.8 Å². The van der Waals surface area contributed by atoms with Crippen molar-refractivity contribution in [1.82, 2.24) is 5.32 Å². The number of para-hydroxylation sites is 1. The largest absolute Gasteiger partial charge is 0.487 e. The summed E-state index contributed by atoms with van der Waals surface area (Å²) in [5.41, 5.74) is 0.919. The maximum atomic E-state index is 13.4. The molecule has 9 heteroatoms. The second kappa shape index (κ2) is 9.06. The second-order valence-corrected chi connectivity index (χ2v) is 11.0. The molecule has 0 saturated carbocycles. The van der Waals surface area contributed by atoms with E-state index in [0.29, 0.717) is 22.9 Å². The van der Waals surface area contributed by atoms with Gasteiger partial charge in [0.15, 0.2) is 6.10 Å². The standard InChI is InChI=1S/C24H29ClN2O5S/c1-4-24(5-2)15-18(17-8-6-7-9-20(17)32-24)26-23(28)22-12-13-27(33(3,29)30)19-14-16(25)10-11-21(19)31-22/h6-11,14,18,22H,4-5,12-13,15H2,1-3H3,(H,26,28). The average molecular weight is 493 g/mol. The Morgan fingerprint density at radius 1 is 1.18 bits per heavy atom. The van der Waals surface area contributed by atoms with Crippen molar-refractivity contribution in [2.45, 2.75) is 57.3 Å². The van der Waals surface area contributed by atoms with E-state index in [1.807, 2.05) is 24.3 Å². The molecular weight excluding hydrogens is 464 g/mol. The molecule has 2 atom stereocenters. The smallest absolute Gasteiger partial charge is 0.261 e. The van der Waals surface area contributed by atoms with E-state index in [0.717, 1.165) is 30.4 Å². The number of hydrogen-bond acceptors (Lipinski definition) is 5. The Kier molecular flexibility index (Phi) is 6.51. The molecule has 2 aromatic carbocycles. The number of rotatable bonds is 5. The maximum Gasteiger partial charge on any atom is 0.261 e. The molecule has 0 bridgehead atoms. The minimum Gasteiger partial charge on any atom is -0.487 e. The number of hydrogen-bond donors (Lipinski definition) is 1. The van der Waals surface area contributed by atoms with Crippen LogP contribution in [-0.4, -0.2) is 38.8 Å². The fraction of sp³-hybridized carbons (Fsp3) is 0.458. The number of fused-ring (bicyclic) bond motifs is 2. The minimum absolute atomic E-state index is 0.114. The van der Waals surface area contributed by atoms with Gasteiger partial charge in [0.25, 0.3) is 5.91 Å².